The molecule has 0 spiro atoms. The highest BCUT2D eigenvalue weighted by molar-refractivity contribution is 5.77. The first-order chi connectivity index (χ1) is 9.16. The maximum Gasteiger partial charge on any atom is 0.222 e. The van der Waals surface area contributed by atoms with Crippen LogP contribution in [-0.4, -0.2) is 59.0 Å². The molecule has 0 unspecified atom stereocenters. The Bertz CT molecular complexity index is 325. The number of carbonyl (C=O) groups excluding carboxylic acids is 2. The molecule has 0 aromatic rings. The quantitative estimate of drug-likeness (QED) is 0.819. The van der Waals surface area contributed by atoms with Crippen molar-refractivity contribution < 1.29 is 14.7 Å². The molecule has 5 heteroatoms. The predicted octanol–water partition coefficient (Wildman–Crippen LogP) is 0.762. The van der Waals surface area contributed by atoms with Crippen LogP contribution in [0.15, 0.2) is 0 Å². The molecule has 2 aliphatic rings. The number of aliphatic hydroxyl groups excluding tert-OH is 1. The number of likely N-dealkylation sites (tertiary alicyclic amines) is 2. The van der Waals surface area contributed by atoms with E-state index in [0.717, 1.165) is 25.8 Å². The van der Waals surface area contributed by atoms with Crippen LogP contribution >= 0.6 is 0 Å². The number of rotatable bonds is 4. The molecule has 2 heterocycles. The normalized spacial score (nSPS) is 21.8. The molecule has 5 nitrogen and oxygen atoms in total. The lowest BCUT2D eigenvalue weighted by Crippen LogP contribution is -2.40. The molecular formula is C14H24N2O3. The lowest BCUT2D eigenvalue weighted by Gasteiger charge is -2.30. The van der Waals surface area contributed by atoms with Crippen molar-refractivity contribution in [1.82, 2.24) is 9.80 Å². The van der Waals surface area contributed by atoms with Gasteiger partial charge in [-0.3, -0.25) is 9.59 Å². The predicted molar refractivity (Wildman–Crippen MR) is 71.5 cm³/mol. The van der Waals surface area contributed by atoms with Crippen molar-refractivity contribution >= 4 is 11.8 Å². The van der Waals surface area contributed by atoms with Gasteiger partial charge in [0, 0.05) is 39.0 Å². The Labute approximate surface area is 114 Å². The minimum absolute atomic E-state index is 0.163. The number of aliphatic hydroxyl groups is 1. The number of hydrogen-bond acceptors (Lipinski definition) is 3. The molecule has 0 aromatic heterocycles. The van der Waals surface area contributed by atoms with Crippen molar-refractivity contribution in [2.45, 2.75) is 51.0 Å². The first kappa shape index (κ1) is 14.3. The Hall–Kier alpha value is -1.10. The van der Waals surface area contributed by atoms with Gasteiger partial charge in [0.15, 0.2) is 0 Å². The summed E-state index contributed by atoms with van der Waals surface area (Å²) in [7, 11) is 0. The van der Waals surface area contributed by atoms with Crippen LogP contribution in [0.2, 0.25) is 0 Å². The Morgan fingerprint density at radius 3 is 2.63 bits per heavy atom. The van der Waals surface area contributed by atoms with E-state index < -0.39 is 0 Å². The second-order valence-electron chi connectivity index (χ2n) is 5.55. The van der Waals surface area contributed by atoms with E-state index in [1.54, 1.807) is 0 Å². The Morgan fingerprint density at radius 1 is 1.21 bits per heavy atom. The maximum absolute atomic E-state index is 12.0. The van der Waals surface area contributed by atoms with E-state index in [9.17, 15) is 14.7 Å². The topological polar surface area (TPSA) is 60.9 Å². The average molecular weight is 268 g/mol. The van der Waals surface area contributed by atoms with Gasteiger partial charge in [0.05, 0.1) is 6.10 Å². The molecule has 0 aromatic carbocycles. The molecule has 2 rings (SSSR count). The van der Waals surface area contributed by atoms with Gasteiger partial charge in [-0.2, -0.15) is 0 Å². The molecule has 0 bridgehead atoms. The summed E-state index contributed by atoms with van der Waals surface area (Å²) in [6.07, 6.45) is 5.16. The van der Waals surface area contributed by atoms with Crippen molar-refractivity contribution in [3.63, 3.8) is 0 Å². The number of hydrogen-bond donors (Lipinski definition) is 1. The molecule has 2 aliphatic heterocycles. The fraction of sp³-hybridized carbons (Fsp3) is 0.857. The van der Waals surface area contributed by atoms with Gasteiger partial charge in [0.2, 0.25) is 11.8 Å². The van der Waals surface area contributed by atoms with E-state index in [4.69, 9.17) is 0 Å². The first-order valence-electron chi connectivity index (χ1n) is 7.40. The third-order valence-corrected chi connectivity index (χ3v) is 4.06. The second kappa shape index (κ2) is 6.89. The van der Waals surface area contributed by atoms with Crippen molar-refractivity contribution in [1.29, 1.82) is 0 Å². The van der Waals surface area contributed by atoms with Crippen molar-refractivity contribution in [3.05, 3.63) is 0 Å². The Balaban J connectivity index is 1.64. The van der Waals surface area contributed by atoms with Gasteiger partial charge in [0.25, 0.3) is 0 Å². The summed E-state index contributed by atoms with van der Waals surface area (Å²) in [6, 6.07) is 0. The fourth-order valence-electron chi connectivity index (χ4n) is 2.79. The minimum Gasteiger partial charge on any atom is -0.393 e. The molecule has 0 atom stereocenters. The van der Waals surface area contributed by atoms with Crippen LogP contribution in [0.1, 0.15) is 44.9 Å². The van der Waals surface area contributed by atoms with Crippen LogP contribution in [0.25, 0.3) is 0 Å². The van der Waals surface area contributed by atoms with E-state index in [1.165, 1.54) is 0 Å². The van der Waals surface area contributed by atoms with Gasteiger partial charge in [-0.05, 0) is 32.1 Å². The van der Waals surface area contributed by atoms with Crippen LogP contribution in [0, 0.1) is 0 Å². The smallest absolute Gasteiger partial charge is 0.222 e. The van der Waals surface area contributed by atoms with Gasteiger partial charge in [-0.15, -0.1) is 0 Å². The van der Waals surface area contributed by atoms with Gasteiger partial charge >= 0.3 is 0 Å². The van der Waals surface area contributed by atoms with Gasteiger partial charge < -0.3 is 14.9 Å². The second-order valence-corrected chi connectivity index (χ2v) is 5.55. The average Bonchev–Trinajstić information content (AvgIpc) is 2.41. The zero-order valence-corrected chi connectivity index (χ0v) is 11.5. The van der Waals surface area contributed by atoms with Gasteiger partial charge in [-0.1, -0.05) is 0 Å². The number of carbonyl (C=O) groups is 2. The number of amides is 2. The van der Waals surface area contributed by atoms with E-state index in [2.05, 4.69) is 0 Å². The fourth-order valence-corrected chi connectivity index (χ4v) is 2.79. The summed E-state index contributed by atoms with van der Waals surface area (Å²) < 4.78 is 0. The van der Waals surface area contributed by atoms with Crippen molar-refractivity contribution in [2.24, 2.45) is 0 Å². The van der Waals surface area contributed by atoms with Crippen LogP contribution in [0.4, 0.5) is 0 Å². The summed E-state index contributed by atoms with van der Waals surface area (Å²) in [4.78, 5) is 27.3. The van der Waals surface area contributed by atoms with E-state index >= 15 is 0 Å². The Kier molecular flexibility index (Phi) is 5.19. The molecule has 108 valence electrons. The minimum atomic E-state index is -0.241. The molecule has 2 saturated heterocycles. The first-order valence-corrected chi connectivity index (χ1v) is 7.40. The molecular weight excluding hydrogens is 244 g/mol. The molecule has 0 radical (unpaired) electrons. The zero-order chi connectivity index (χ0) is 13.7. The molecule has 2 amide bonds. The highest BCUT2D eigenvalue weighted by Gasteiger charge is 2.22. The summed E-state index contributed by atoms with van der Waals surface area (Å²) in [5.74, 6) is 0.399. The van der Waals surface area contributed by atoms with Crippen LogP contribution in [0.3, 0.4) is 0 Å². The molecule has 1 N–H and O–H groups in total. The van der Waals surface area contributed by atoms with Crippen LogP contribution in [0.5, 0.6) is 0 Å². The SMILES string of the molecule is O=C1CCCCN1CCCC(=O)N1CCC(O)CC1. The number of piperidine rings is 2. The molecule has 19 heavy (non-hydrogen) atoms. The number of nitrogens with zero attached hydrogens (tertiary/aromatic N) is 2. The van der Waals surface area contributed by atoms with E-state index in [0.29, 0.717) is 45.3 Å². The van der Waals surface area contributed by atoms with Crippen molar-refractivity contribution in [2.75, 3.05) is 26.2 Å². The molecule has 0 saturated carbocycles. The highest BCUT2D eigenvalue weighted by Crippen LogP contribution is 2.14. The monoisotopic (exact) mass is 268 g/mol. The summed E-state index contributed by atoms with van der Waals surface area (Å²) in [5.41, 5.74) is 0. The van der Waals surface area contributed by atoms with Crippen LogP contribution < -0.4 is 0 Å². The van der Waals surface area contributed by atoms with E-state index in [-0.39, 0.29) is 17.9 Å². The van der Waals surface area contributed by atoms with Crippen LogP contribution in [-0.2, 0) is 9.59 Å². The maximum atomic E-state index is 12.0. The molecule has 2 fully saturated rings. The third-order valence-electron chi connectivity index (χ3n) is 4.06. The zero-order valence-electron chi connectivity index (χ0n) is 11.5. The van der Waals surface area contributed by atoms with Gasteiger partial charge in [-0.25, -0.2) is 0 Å². The molecule has 0 aliphatic carbocycles. The lowest BCUT2D eigenvalue weighted by molar-refractivity contribution is -0.136. The van der Waals surface area contributed by atoms with E-state index in [1.807, 2.05) is 9.80 Å². The summed E-state index contributed by atoms with van der Waals surface area (Å²) in [5, 5.41) is 9.40. The lowest BCUT2D eigenvalue weighted by atomic mass is 10.1. The van der Waals surface area contributed by atoms with Gasteiger partial charge in [0.1, 0.15) is 0 Å². The summed E-state index contributed by atoms with van der Waals surface area (Å²) in [6.45, 7) is 2.90. The Morgan fingerprint density at radius 2 is 1.95 bits per heavy atom. The standard InChI is InChI=1S/C14H24N2O3/c17-12-6-10-16(11-7-12)14(19)5-3-9-15-8-2-1-4-13(15)18/h12,17H,1-11H2. The van der Waals surface area contributed by atoms with Crippen molar-refractivity contribution in [3.8, 4) is 0 Å². The largest absolute Gasteiger partial charge is 0.393 e. The third kappa shape index (κ3) is 4.20. The summed E-state index contributed by atoms with van der Waals surface area (Å²) >= 11 is 0. The highest BCUT2D eigenvalue weighted by atomic mass is 16.3.